The number of hydrogen-bond donors (Lipinski definition) is 1. The maximum absolute atomic E-state index is 13.2. The van der Waals surface area contributed by atoms with Crippen LogP contribution in [0.15, 0.2) is 41.8 Å². The van der Waals surface area contributed by atoms with Crippen LogP contribution < -0.4 is 0 Å². The summed E-state index contributed by atoms with van der Waals surface area (Å²) in [5.74, 6) is -0.266. The van der Waals surface area contributed by atoms with Crippen molar-refractivity contribution >= 4 is 17.2 Å². The predicted molar refractivity (Wildman–Crippen MR) is 88.0 cm³/mol. The van der Waals surface area contributed by atoms with Crippen LogP contribution in [-0.2, 0) is 0 Å². The van der Waals surface area contributed by atoms with Crippen molar-refractivity contribution in [2.75, 3.05) is 32.7 Å². The lowest BCUT2D eigenvalue weighted by atomic mass is 10.1. The van der Waals surface area contributed by atoms with Gasteiger partial charge in [0.25, 0.3) is 5.91 Å². The number of hydrogen-bond acceptors (Lipinski definition) is 4. The van der Waals surface area contributed by atoms with E-state index in [1.165, 1.54) is 23.5 Å². The first-order chi connectivity index (χ1) is 11.1. The summed E-state index contributed by atoms with van der Waals surface area (Å²) >= 11 is 1.45. The van der Waals surface area contributed by atoms with Crippen LogP contribution in [0.5, 0.6) is 0 Å². The van der Waals surface area contributed by atoms with Crippen LogP contribution in [0.3, 0.4) is 0 Å². The van der Waals surface area contributed by atoms with Crippen LogP contribution >= 0.6 is 11.3 Å². The maximum Gasteiger partial charge on any atom is 0.264 e. The van der Waals surface area contributed by atoms with E-state index in [0.29, 0.717) is 38.3 Å². The van der Waals surface area contributed by atoms with E-state index in [1.54, 1.807) is 12.1 Å². The van der Waals surface area contributed by atoms with Crippen LogP contribution in [0.25, 0.3) is 0 Å². The van der Waals surface area contributed by atoms with Gasteiger partial charge in [-0.05, 0) is 29.1 Å². The first kappa shape index (κ1) is 16.1. The van der Waals surface area contributed by atoms with Gasteiger partial charge in [0.05, 0.1) is 11.0 Å². The second kappa shape index (κ2) is 7.21. The van der Waals surface area contributed by atoms with E-state index in [0.717, 1.165) is 4.88 Å². The third-order valence-electron chi connectivity index (χ3n) is 4.06. The Morgan fingerprint density at radius 1 is 1.22 bits per heavy atom. The molecule has 0 saturated carbocycles. The molecule has 0 aliphatic carbocycles. The summed E-state index contributed by atoms with van der Waals surface area (Å²) < 4.78 is 13.2. The molecule has 1 saturated heterocycles. The minimum atomic E-state index is -0.717. The van der Waals surface area contributed by atoms with E-state index in [1.807, 2.05) is 22.4 Å². The average Bonchev–Trinajstić information content (AvgIpc) is 3.09. The van der Waals surface area contributed by atoms with Gasteiger partial charge in [-0.3, -0.25) is 9.69 Å². The number of aliphatic hydroxyl groups excluding tert-OH is 1. The minimum Gasteiger partial charge on any atom is -0.387 e. The van der Waals surface area contributed by atoms with E-state index in [9.17, 15) is 14.3 Å². The molecule has 2 aromatic rings. The van der Waals surface area contributed by atoms with Crippen molar-refractivity contribution in [1.82, 2.24) is 9.80 Å². The van der Waals surface area contributed by atoms with E-state index >= 15 is 0 Å². The normalized spacial score (nSPS) is 17.2. The zero-order valence-corrected chi connectivity index (χ0v) is 13.5. The number of benzene rings is 1. The Bertz CT molecular complexity index is 654. The first-order valence-electron chi connectivity index (χ1n) is 7.62. The molecule has 1 atom stereocenters. The second-order valence-electron chi connectivity index (χ2n) is 5.64. The highest BCUT2D eigenvalue weighted by Gasteiger charge is 2.24. The molecule has 3 rings (SSSR count). The second-order valence-corrected chi connectivity index (χ2v) is 6.59. The van der Waals surface area contributed by atoms with Crippen LogP contribution in [0, 0.1) is 5.82 Å². The summed E-state index contributed by atoms with van der Waals surface area (Å²) in [7, 11) is 0. The van der Waals surface area contributed by atoms with Crippen molar-refractivity contribution in [3.8, 4) is 0 Å². The van der Waals surface area contributed by atoms with Gasteiger partial charge in [-0.2, -0.15) is 0 Å². The van der Waals surface area contributed by atoms with Gasteiger partial charge in [0.2, 0.25) is 0 Å². The lowest BCUT2D eigenvalue weighted by Crippen LogP contribution is -2.49. The molecule has 0 radical (unpaired) electrons. The summed E-state index contributed by atoms with van der Waals surface area (Å²) in [5.41, 5.74) is 0.585. The van der Waals surface area contributed by atoms with Gasteiger partial charge in [-0.15, -0.1) is 11.3 Å². The van der Waals surface area contributed by atoms with Crippen molar-refractivity contribution < 1.29 is 14.3 Å². The van der Waals surface area contributed by atoms with E-state index in [4.69, 9.17) is 0 Å². The molecule has 1 aromatic heterocycles. The topological polar surface area (TPSA) is 43.8 Å². The van der Waals surface area contributed by atoms with E-state index < -0.39 is 6.10 Å². The number of nitrogens with zero attached hydrogens (tertiary/aromatic N) is 2. The number of rotatable bonds is 4. The molecule has 1 aromatic carbocycles. The summed E-state index contributed by atoms with van der Waals surface area (Å²) in [6, 6.07) is 9.78. The molecule has 1 amide bonds. The van der Waals surface area contributed by atoms with Gasteiger partial charge in [0, 0.05) is 32.7 Å². The van der Waals surface area contributed by atoms with Crippen molar-refractivity contribution in [1.29, 1.82) is 0 Å². The molecule has 1 aliphatic heterocycles. The maximum atomic E-state index is 13.2. The lowest BCUT2D eigenvalue weighted by molar-refractivity contribution is 0.0531. The minimum absolute atomic E-state index is 0.0744. The van der Waals surface area contributed by atoms with Crippen molar-refractivity contribution in [3.05, 3.63) is 58.0 Å². The molecule has 1 aliphatic rings. The van der Waals surface area contributed by atoms with Gasteiger partial charge in [0.1, 0.15) is 5.82 Å². The molecule has 1 unspecified atom stereocenters. The number of aliphatic hydroxyl groups is 1. The zero-order chi connectivity index (χ0) is 16.2. The molecule has 23 heavy (non-hydrogen) atoms. The van der Waals surface area contributed by atoms with Crippen molar-refractivity contribution in [3.63, 3.8) is 0 Å². The standard InChI is InChI=1S/C17H19FN2O2S/c18-14-4-1-3-13(11-14)15(21)12-19-6-8-20(9-7-19)17(22)16-5-2-10-23-16/h1-5,10-11,15,21H,6-9,12H2. The SMILES string of the molecule is O=C(c1cccs1)N1CCN(CC(O)c2cccc(F)c2)CC1. The molecule has 2 heterocycles. The van der Waals surface area contributed by atoms with Gasteiger partial charge in [0.15, 0.2) is 0 Å². The Morgan fingerprint density at radius 2 is 2.00 bits per heavy atom. The quantitative estimate of drug-likeness (QED) is 0.934. The van der Waals surface area contributed by atoms with Crippen LogP contribution in [0.1, 0.15) is 21.3 Å². The highest BCUT2D eigenvalue weighted by molar-refractivity contribution is 7.12. The summed E-state index contributed by atoms with van der Waals surface area (Å²) in [5, 5.41) is 12.1. The summed E-state index contributed by atoms with van der Waals surface area (Å²) in [6.07, 6.45) is -0.717. The number of carbonyl (C=O) groups excluding carboxylic acids is 1. The molecule has 1 N–H and O–H groups in total. The monoisotopic (exact) mass is 334 g/mol. The van der Waals surface area contributed by atoms with Gasteiger partial charge < -0.3 is 10.0 Å². The van der Waals surface area contributed by atoms with E-state index in [2.05, 4.69) is 4.90 Å². The van der Waals surface area contributed by atoms with Crippen LogP contribution in [-0.4, -0.2) is 53.5 Å². The highest BCUT2D eigenvalue weighted by Crippen LogP contribution is 2.18. The zero-order valence-electron chi connectivity index (χ0n) is 12.7. The molecular formula is C17H19FN2O2S. The van der Waals surface area contributed by atoms with Gasteiger partial charge in [-0.25, -0.2) is 4.39 Å². The van der Waals surface area contributed by atoms with Crippen molar-refractivity contribution in [2.45, 2.75) is 6.10 Å². The lowest BCUT2D eigenvalue weighted by Gasteiger charge is -2.35. The fraction of sp³-hybridized carbons (Fsp3) is 0.353. The molecule has 4 nitrogen and oxygen atoms in total. The fourth-order valence-electron chi connectivity index (χ4n) is 2.75. The summed E-state index contributed by atoms with van der Waals surface area (Å²) in [6.45, 7) is 3.16. The molecule has 122 valence electrons. The van der Waals surface area contributed by atoms with Crippen LogP contribution in [0.4, 0.5) is 4.39 Å². The van der Waals surface area contributed by atoms with E-state index in [-0.39, 0.29) is 11.7 Å². The third-order valence-corrected chi connectivity index (χ3v) is 4.91. The van der Waals surface area contributed by atoms with Gasteiger partial charge in [-0.1, -0.05) is 18.2 Å². The largest absolute Gasteiger partial charge is 0.387 e. The van der Waals surface area contributed by atoms with Gasteiger partial charge >= 0.3 is 0 Å². The number of thiophene rings is 1. The Labute approximate surface area is 138 Å². The predicted octanol–water partition coefficient (Wildman–Crippen LogP) is 2.38. The fourth-order valence-corrected chi connectivity index (χ4v) is 3.44. The average molecular weight is 334 g/mol. The Hall–Kier alpha value is -1.76. The number of carbonyl (C=O) groups is 1. The van der Waals surface area contributed by atoms with Crippen molar-refractivity contribution in [2.24, 2.45) is 0 Å². The molecule has 6 heteroatoms. The summed E-state index contributed by atoms with van der Waals surface area (Å²) in [4.78, 5) is 17.0. The Kier molecular flexibility index (Phi) is 5.05. The highest BCUT2D eigenvalue weighted by atomic mass is 32.1. The molecule has 1 fully saturated rings. The number of β-amino-alcohol motifs (C(OH)–C–C–N with tert-alkyl or cyclic N) is 1. The Balaban J connectivity index is 1.52. The van der Waals surface area contributed by atoms with Crippen LogP contribution in [0.2, 0.25) is 0 Å². The third kappa shape index (κ3) is 3.96. The molecule has 0 spiro atoms. The number of piperazine rings is 1. The first-order valence-corrected chi connectivity index (χ1v) is 8.50. The smallest absolute Gasteiger partial charge is 0.264 e. The molecular weight excluding hydrogens is 315 g/mol. The Morgan fingerprint density at radius 3 is 2.65 bits per heavy atom. The number of amides is 1. The number of halogens is 1. The molecule has 0 bridgehead atoms.